The van der Waals surface area contributed by atoms with E-state index in [1.54, 1.807) is 32.3 Å². The zero-order chi connectivity index (χ0) is 25.3. The average molecular weight is 553 g/mol. The predicted molar refractivity (Wildman–Crippen MR) is 142 cm³/mol. The van der Waals surface area contributed by atoms with E-state index < -0.39 is 10.0 Å². The van der Waals surface area contributed by atoms with Gasteiger partial charge in [0.25, 0.3) is 5.91 Å². The Morgan fingerprint density at radius 2 is 1.37 bits per heavy atom. The summed E-state index contributed by atoms with van der Waals surface area (Å²) in [6.07, 6.45) is 0. The average Bonchev–Trinajstić information content (AvgIpc) is 2.83. The van der Waals surface area contributed by atoms with Crippen LogP contribution in [0.25, 0.3) is 11.1 Å². The third-order valence-corrected chi connectivity index (χ3v) is 9.09. The zero-order valence-electron chi connectivity index (χ0n) is 19.2. The third-order valence-electron chi connectivity index (χ3n) is 5.93. The van der Waals surface area contributed by atoms with E-state index in [1.807, 2.05) is 30.3 Å². The molecule has 35 heavy (non-hydrogen) atoms. The number of carbonyl (C=O) groups excluding carboxylic acids is 1. The van der Waals surface area contributed by atoms with Crippen molar-refractivity contribution >= 4 is 56.4 Å². The smallest absolute Gasteiger partial charge is 0.254 e. The fraction of sp³-hybridized carbons (Fsp3) is 0.240. The molecule has 1 saturated heterocycles. The number of anilines is 1. The van der Waals surface area contributed by atoms with Crippen molar-refractivity contribution in [1.29, 1.82) is 0 Å². The Hall–Kier alpha value is -2.29. The molecule has 0 spiro atoms. The van der Waals surface area contributed by atoms with E-state index in [-0.39, 0.29) is 20.8 Å². The quantitative estimate of drug-likeness (QED) is 0.418. The predicted octanol–water partition coefficient (Wildman–Crippen LogP) is 5.53. The van der Waals surface area contributed by atoms with Gasteiger partial charge in [0.2, 0.25) is 10.0 Å². The van der Waals surface area contributed by atoms with Crippen LogP contribution in [0.5, 0.6) is 0 Å². The fourth-order valence-electron chi connectivity index (χ4n) is 4.02. The highest BCUT2D eigenvalue weighted by atomic mass is 35.5. The molecule has 0 aliphatic carbocycles. The van der Waals surface area contributed by atoms with Gasteiger partial charge >= 0.3 is 0 Å². The summed E-state index contributed by atoms with van der Waals surface area (Å²) in [5.74, 6) is -0.144. The highest BCUT2D eigenvalue weighted by molar-refractivity contribution is 7.89. The van der Waals surface area contributed by atoms with Gasteiger partial charge in [-0.25, -0.2) is 8.42 Å². The third kappa shape index (κ3) is 5.29. The monoisotopic (exact) mass is 551 g/mol. The molecule has 0 N–H and O–H groups in total. The molecule has 0 aromatic heterocycles. The first-order valence-electron chi connectivity index (χ1n) is 10.9. The van der Waals surface area contributed by atoms with E-state index in [9.17, 15) is 13.2 Å². The Balaban J connectivity index is 1.45. The lowest BCUT2D eigenvalue weighted by Crippen LogP contribution is -2.48. The summed E-state index contributed by atoms with van der Waals surface area (Å²) in [7, 11) is -0.414. The van der Waals surface area contributed by atoms with Crippen molar-refractivity contribution in [1.82, 2.24) is 9.21 Å². The summed E-state index contributed by atoms with van der Waals surface area (Å²) in [4.78, 5) is 15.8. The molecule has 0 saturated carbocycles. The van der Waals surface area contributed by atoms with Crippen molar-refractivity contribution in [3.05, 3.63) is 81.3 Å². The van der Waals surface area contributed by atoms with Crippen LogP contribution in [0.4, 0.5) is 5.69 Å². The summed E-state index contributed by atoms with van der Waals surface area (Å²) < 4.78 is 27.6. The standard InChI is InChI=1S/C25H24Cl3N3O3S/c1-29(2)25(32)20-11-8-18(16-23(20)28)17-6-9-19(10-7-17)30-12-14-31(15-13-30)35(33,34)24-21(26)4-3-5-22(24)27/h3-11,16H,12-15H2,1-2H3. The lowest BCUT2D eigenvalue weighted by Gasteiger charge is -2.35. The van der Waals surface area contributed by atoms with Crippen LogP contribution in [0.2, 0.25) is 15.1 Å². The van der Waals surface area contributed by atoms with Crippen molar-refractivity contribution < 1.29 is 13.2 Å². The first-order valence-corrected chi connectivity index (χ1v) is 13.5. The van der Waals surface area contributed by atoms with Gasteiger partial charge < -0.3 is 9.80 Å². The number of piperazine rings is 1. The summed E-state index contributed by atoms with van der Waals surface area (Å²) in [5, 5.41) is 0.644. The highest BCUT2D eigenvalue weighted by Crippen LogP contribution is 2.33. The van der Waals surface area contributed by atoms with Crippen molar-refractivity contribution in [2.75, 3.05) is 45.2 Å². The zero-order valence-corrected chi connectivity index (χ0v) is 22.3. The Morgan fingerprint density at radius 3 is 1.91 bits per heavy atom. The highest BCUT2D eigenvalue weighted by Gasteiger charge is 2.32. The number of sulfonamides is 1. The minimum Gasteiger partial charge on any atom is -0.369 e. The Morgan fingerprint density at radius 1 is 0.800 bits per heavy atom. The molecular weight excluding hydrogens is 529 g/mol. The van der Waals surface area contributed by atoms with Gasteiger partial charge in [0.1, 0.15) is 4.90 Å². The van der Waals surface area contributed by atoms with Crippen LogP contribution in [0, 0.1) is 0 Å². The van der Waals surface area contributed by atoms with E-state index in [0.29, 0.717) is 36.8 Å². The van der Waals surface area contributed by atoms with E-state index in [0.717, 1.165) is 16.8 Å². The molecule has 0 radical (unpaired) electrons. The number of hydrogen-bond acceptors (Lipinski definition) is 4. The number of benzene rings is 3. The van der Waals surface area contributed by atoms with Gasteiger partial charge in [-0.15, -0.1) is 0 Å². The molecule has 1 amide bonds. The van der Waals surface area contributed by atoms with Gasteiger partial charge in [0.15, 0.2) is 0 Å². The molecule has 184 valence electrons. The maximum absolute atomic E-state index is 13.1. The molecule has 1 aliphatic rings. The summed E-state index contributed by atoms with van der Waals surface area (Å²) >= 11 is 18.6. The number of carbonyl (C=O) groups is 1. The molecule has 3 aromatic rings. The van der Waals surface area contributed by atoms with Crippen LogP contribution in [0.15, 0.2) is 65.6 Å². The van der Waals surface area contributed by atoms with E-state index >= 15 is 0 Å². The second-order valence-corrected chi connectivity index (χ2v) is 11.5. The molecule has 3 aromatic carbocycles. The van der Waals surface area contributed by atoms with E-state index in [4.69, 9.17) is 34.8 Å². The van der Waals surface area contributed by atoms with Crippen LogP contribution in [-0.4, -0.2) is 63.8 Å². The number of nitrogens with zero attached hydrogens (tertiary/aromatic N) is 3. The van der Waals surface area contributed by atoms with Gasteiger partial charge in [0.05, 0.1) is 20.6 Å². The molecule has 1 fully saturated rings. The van der Waals surface area contributed by atoms with Crippen LogP contribution in [-0.2, 0) is 10.0 Å². The Bertz CT molecular complexity index is 1330. The van der Waals surface area contributed by atoms with Crippen LogP contribution >= 0.6 is 34.8 Å². The first kappa shape index (κ1) is 25.8. The minimum atomic E-state index is -3.79. The Kier molecular flexibility index (Phi) is 7.64. The van der Waals surface area contributed by atoms with Gasteiger partial charge in [0, 0.05) is 46.0 Å². The van der Waals surface area contributed by atoms with Crippen LogP contribution in [0.3, 0.4) is 0 Å². The number of hydrogen-bond donors (Lipinski definition) is 0. The number of rotatable bonds is 5. The van der Waals surface area contributed by atoms with Crippen molar-refractivity contribution in [2.45, 2.75) is 4.90 Å². The molecule has 1 heterocycles. The van der Waals surface area contributed by atoms with Crippen molar-refractivity contribution in [3.8, 4) is 11.1 Å². The molecule has 0 bridgehead atoms. The van der Waals surface area contributed by atoms with Crippen LogP contribution < -0.4 is 4.90 Å². The second-order valence-electron chi connectivity index (χ2n) is 8.38. The molecule has 0 unspecified atom stereocenters. The first-order chi connectivity index (χ1) is 16.6. The number of halogens is 3. The topological polar surface area (TPSA) is 60.9 Å². The summed E-state index contributed by atoms with van der Waals surface area (Å²) in [6.45, 7) is 1.72. The van der Waals surface area contributed by atoms with Crippen molar-refractivity contribution in [3.63, 3.8) is 0 Å². The lowest BCUT2D eigenvalue weighted by atomic mass is 10.0. The van der Waals surface area contributed by atoms with E-state index in [2.05, 4.69) is 4.90 Å². The second kappa shape index (κ2) is 10.4. The SMILES string of the molecule is CN(C)C(=O)c1ccc(-c2ccc(N3CCN(S(=O)(=O)c4c(Cl)cccc4Cl)CC3)cc2)cc1Cl. The van der Waals surface area contributed by atoms with E-state index in [1.165, 1.54) is 21.3 Å². The molecule has 0 atom stereocenters. The van der Waals surface area contributed by atoms with Gasteiger partial charge in [-0.1, -0.05) is 59.1 Å². The van der Waals surface area contributed by atoms with Gasteiger partial charge in [-0.2, -0.15) is 4.31 Å². The maximum atomic E-state index is 13.1. The minimum absolute atomic E-state index is 0.0434. The Labute approximate surface area is 220 Å². The molecule has 10 heteroatoms. The van der Waals surface area contributed by atoms with Gasteiger partial charge in [-0.05, 0) is 47.5 Å². The lowest BCUT2D eigenvalue weighted by molar-refractivity contribution is 0.0828. The summed E-state index contributed by atoms with van der Waals surface area (Å²) in [5.41, 5.74) is 3.33. The van der Waals surface area contributed by atoms with Crippen LogP contribution in [0.1, 0.15) is 10.4 Å². The molecular formula is C25H24Cl3N3O3S. The van der Waals surface area contributed by atoms with Gasteiger partial charge in [-0.3, -0.25) is 4.79 Å². The summed E-state index contributed by atoms with van der Waals surface area (Å²) in [6, 6.07) is 18.0. The normalized spacial score (nSPS) is 14.7. The fourth-order valence-corrected chi connectivity index (χ4v) is 6.79. The molecule has 1 aliphatic heterocycles. The van der Waals surface area contributed by atoms with Crippen molar-refractivity contribution in [2.24, 2.45) is 0 Å². The number of amides is 1. The molecule has 4 rings (SSSR count). The molecule has 6 nitrogen and oxygen atoms in total. The maximum Gasteiger partial charge on any atom is 0.254 e. The largest absolute Gasteiger partial charge is 0.369 e.